The minimum atomic E-state index is 0.802. The first-order valence-corrected chi connectivity index (χ1v) is 9.65. The average molecular weight is 337 g/mol. The maximum atomic E-state index is 5.90. The molecule has 0 aliphatic heterocycles. The van der Waals surface area contributed by atoms with E-state index in [4.69, 9.17) is 4.74 Å². The van der Waals surface area contributed by atoms with Crippen LogP contribution >= 0.6 is 0 Å². The lowest BCUT2D eigenvalue weighted by Gasteiger charge is -2.12. The van der Waals surface area contributed by atoms with Gasteiger partial charge in [0.05, 0.1) is 6.61 Å². The van der Waals surface area contributed by atoms with Crippen molar-refractivity contribution in [2.45, 2.75) is 59.8 Å². The zero-order valence-corrected chi connectivity index (χ0v) is 16.3. The van der Waals surface area contributed by atoms with Crippen molar-refractivity contribution in [2.24, 2.45) is 0 Å². The SMILES string of the molecule is CCCCOc1ccc(C=Cc2ccc(CCCC)cc2)c(C)c1C. The van der Waals surface area contributed by atoms with Crippen LogP contribution in [-0.2, 0) is 6.42 Å². The summed E-state index contributed by atoms with van der Waals surface area (Å²) >= 11 is 0. The number of rotatable bonds is 9. The van der Waals surface area contributed by atoms with Crippen LogP contribution in [0.3, 0.4) is 0 Å². The largest absolute Gasteiger partial charge is 0.493 e. The van der Waals surface area contributed by atoms with E-state index in [1.54, 1.807) is 0 Å². The Morgan fingerprint density at radius 1 is 0.800 bits per heavy atom. The molecule has 0 N–H and O–H groups in total. The van der Waals surface area contributed by atoms with E-state index in [0.717, 1.165) is 25.2 Å². The molecule has 0 saturated carbocycles. The predicted octanol–water partition coefficient (Wildman–Crippen LogP) is 7.00. The van der Waals surface area contributed by atoms with E-state index in [1.165, 1.54) is 47.1 Å². The lowest BCUT2D eigenvalue weighted by molar-refractivity contribution is 0.307. The van der Waals surface area contributed by atoms with E-state index in [1.807, 2.05) is 0 Å². The predicted molar refractivity (Wildman–Crippen MR) is 110 cm³/mol. The zero-order valence-electron chi connectivity index (χ0n) is 16.3. The van der Waals surface area contributed by atoms with Crippen molar-refractivity contribution in [2.75, 3.05) is 6.61 Å². The number of hydrogen-bond acceptors (Lipinski definition) is 1. The molecule has 2 aromatic carbocycles. The molecular formula is C24H32O. The monoisotopic (exact) mass is 336 g/mol. The van der Waals surface area contributed by atoms with Gasteiger partial charge in [0.15, 0.2) is 0 Å². The molecule has 2 rings (SSSR count). The summed E-state index contributed by atoms with van der Waals surface area (Å²) in [5.41, 5.74) is 6.48. The molecule has 0 aromatic heterocycles. The Bertz CT molecular complexity index is 680. The number of aryl methyl sites for hydroxylation is 1. The molecule has 1 nitrogen and oxygen atoms in total. The third kappa shape index (κ3) is 5.77. The minimum absolute atomic E-state index is 0.802. The number of ether oxygens (including phenoxy) is 1. The highest BCUT2D eigenvalue weighted by Crippen LogP contribution is 2.26. The highest BCUT2D eigenvalue weighted by molar-refractivity contribution is 5.72. The highest BCUT2D eigenvalue weighted by atomic mass is 16.5. The van der Waals surface area contributed by atoms with Crippen molar-refractivity contribution in [1.29, 1.82) is 0 Å². The molecule has 0 unspecified atom stereocenters. The summed E-state index contributed by atoms with van der Waals surface area (Å²) in [6.07, 6.45) is 10.4. The summed E-state index contributed by atoms with van der Waals surface area (Å²) in [5.74, 6) is 1.02. The van der Waals surface area contributed by atoms with Gasteiger partial charge in [-0.3, -0.25) is 0 Å². The molecule has 0 heterocycles. The molecule has 0 aliphatic rings. The Labute approximate surface area is 153 Å². The summed E-state index contributed by atoms with van der Waals surface area (Å²) in [6, 6.07) is 13.2. The summed E-state index contributed by atoms with van der Waals surface area (Å²) in [4.78, 5) is 0. The lowest BCUT2D eigenvalue weighted by Crippen LogP contribution is -2.00. The van der Waals surface area contributed by atoms with Gasteiger partial charge >= 0.3 is 0 Å². The summed E-state index contributed by atoms with van der Waals surface area (Å²) < 4.78 is 5.90. The Kier molecular flexibility index (Phi) is 7.78. The molecule has 0 saturated heterocycles. The fourth-order valence-corrected chi connectivity index (χ4v) is 2.84. The zero-order chi connectivity index (χ0) is 18.1. The van der Waals surface area contributed by atoms with Crippen LogP contribution in [0, 0.1) is 13.8 Å². The first kappa shape index (κ1) is 19.3. The van der Waals surface area contributed by atoms with E-state index in [9.17, 15) is 0 Å². The second-order valence-corrected chi connectivity index (χ2v) is 6.78. The molecular weight excluding hydrogens is 304 g/mol. The Morgan fingerprint density at radius 2 is 1.52 bits per heavy atom. The van der Waals surface area contributed by atoms with Crippen molar-refractivity contribution < 1.29 is 4.74 Å². The average Bonchev–Trinajstić information content (AvgIpc) is 2.64. The van der Waals surface area contributed by atoms with Gasteiger partial charge in [-0.05, 0) is 67.0 Å². The summed E-state index contributed by atoms with van der Waals surface area (Å²) in [5, 5.41) is 0. The van der Waals surface area contributed by atoms with Gasteiger partial charge in [0, 0.05) is 0 Å². The van der Waals surface area contributed by atoms with E-state index in [-0.39, 0.29) is 0 Å². The van der Waals surface area contributed by atoms with E-state index in [2.05, 4.69) is 76.2 Å². The molecule has 0 bridgehead atoms. The maximum Gasteiger partial charge on any atom is 0.122 e. The van der Waals surface area contributed by atoms with Crippen molar-refractivity contribution in [3.8, 4) is 5.75 Å². The summed E-state index contributed by atoms with van der Waals surface area (Å²) in [6.45, 7) is 9.55. The van der Waals surface area contributed by atoms with Gasteiger partial charge in [0.25, 0.3) is 0 Å². The van der Waals surface area contributed by atoms with Crippen molar-refractivity contribution in [3.63, 3.8) is 0 Å². The molecule has 0 radical (unpaired) electrons. The second kappa shape index (κ2) is 10.1. The Balaban J connectivity index is 2.06. The van der Waals surface area contributed by atoms with Crippen LogP contribution < -0.4 is 4.74 Å². The normalized spacial score (nSPS) is 11.2. The number of benzene rings is 2. The minimum Gasteiger partial charge on any atom is -0.493 e. The molecule has 0 aliphatic carbocycles. The van der Waals surface area contributed by atoms with Gasteiger partial charge in [0.2, 0.25) is 0 Å². The van der Waals surface area contributed by atoms with Crippen LogP contribution in [0.1, 0.15) is 67.3 Å². The van der Waals surface area contributed by atoms with Gasteiger partial charge in [-0.1, -0.05) is 69.2 Å². The maximum absolute atomic E-state index is 5.90. The van der Waals surface area contributed by atoms with Gasteiger partial charge in [0.1, 0.15) is 5.75 Å². The third-order valence-electron chi connectivity index (χ3n) is 4.79. The van der Waals surface area contributed by atoms with E-state index < -0.39 is 0 Å². The van der Waals surface area contributed by atoms with E-state index in [0.29, 0.717) is 0 Å². The van der Waals surface area contributed by atoms with Gasteiger partial charge in [-0.25, -0.2) is 0 Å². The fraction of sp³-hybridized carbons (Fsp3) is 0.417. The molecule has 2 aromatic rings. The molecule has 25 heavy (non-hydrogen) atoms. The van der Waals surface area contributed by atoms with Gasteiger partial charge < -0.3 is 4.74 Å². The standard InChI is InChI=1S/C24H32O/c1-5-7-9-21-10-12-22(13-11-21)14-15-23-16-17-24(20(4)19(23)3)25-18-8-6-2/h10-17H,5-9,18H2,1-4H3. The van der Waals surface area contributed by atoms with Crippen LogP contribution in [0.2, 0.25) is 0 Å². The molecule has 0 amide bonds. The Morgan fingerprint density at radius 3 is 2.20 bits per heavy atom. The van der Waals surface area contributed by atoms with Crippen LogP contribution in [0.25, 0.3) is 12.2 Å². The number of unbranched alkanes of at least 4 members (excludes halogenated alkanes) is 2. The van der Waals surface area contributed by atoms with Crippen LogP contribution in [0.5, 0.6) is 5.75 Å². The lowest BCUT2D eigenvalue weighted by atomic mass is 10.0. The van der Waals surface area contributed by atoms with Gasteiger partial charge in [-0.15, -0.1) is 0 Å². The second-order valence-electron chi connectivity index (χ2n) is 6.78. The molecule has 0 spiro atoms. The number of hydrogen-bond donors (Lipinski definition) is 0. The Hall–Kier alpha value is -2.02. The highest BCUT2D eigenvalue weighted by Gasteiger charge is 2.05. The molecule has 1 heteroatoms. The van der Waals surface area contributed by atoms with Crippen LogP contribution in [0.15, 0.2) is 36.4 Å². The first-order valence-electron chi connectivity index (χ1n) is 9.65. The smallest absolute Gasteiger partial charge is 0.122 e. The van der Waals surface area contributed by atoms with Crippen molar-refractivity contribution >= 4 is 12.2 Å². The summed E-state index contributed by atoms with van der Waals surface area (Å²) in [7, 11) is 0. The topological polar surface area (TPSA) is 9.23 Å². The molecule has 0 fully saturated rings. The van der Waals surface area contributed by atoms with Crippen LogP contribution in [0.4, 0.5) is 0 Å². The first-order chi connectivity index (χ1) is 12.2. The fourth-order valence-electron chi connectivity index (χ4n) is 2.84. The van der Waals surface area contributed by atoms with Crippen molar-refractivity contribution in [1.82, 2.24) is 0 Å². The van der Waals surface area contributed by atoms with Crippen LogP contribution in [-0.4, -0.2) is 6.61 Å². The quantitative estimate of drug-likeness (QED) is 0.354. The van der Waals surface area contributed by atoms with E-state index >= 15 is 0 Å². The van der Waals surface area contributed by atoms with Gasteiger partial charge in [-0.2, -0.15) is 0 Å². The third-order valence-corrected chi connectivity index (χ3v) is 4.79. The molecule has 134 valence electrons. The molecule has 0 atom stereocenters. The van der Waals surface area contributed by atoms with Crippen molar-refractivity contribution in [3.05, 3.63) is 64.2 Å².